The number of aryl methyl sites for hydroxylation is 1. The molecule has 1 aliphatic heterocycles. The van der Waals surface area contributed by atoms with E-state index in [4.69, 9.17) is 0 Å². The van der Waals surface area contributed by atoms with Crippen molar-refractivity contribution in [2.24, 2.45) is 5.92 Å². The maximum Gasteiger partial charge on any atom is 0.244 e. The molecule has 2 heterocycles. The Morgan fingerprint density at radius 2 is 2.22 bits per heavy atom. The number of carbonyl (C=O) groups excluding carboxylic acids is 1. The van der Waals surface area contributed by atoms with Crippen LogP contribution < -0.4 is 5.32 Å². The summed E-state index contributed by atoms with van der Waals surface area (Å²) in [5.74, 6) is 0.764. The molecule has 1 spiro atoms. The molecule has 0 radical (unpaired) electrons. The first-order valence-electron chi connectivity index (χ1n) is 6.64. The highest BCUT2D eigenvalue weighted by Gasteiger charge is 2.59. The molecule has 0 aromatic carbocycles. The summed E-state index contributed by atoms with van der Waals surface area (Å²) in [6, 6.07) is 0. The molecule has 1 aliphatic carbocycles. The minimum absolute atomic E-state index is 0.194. The van der Waals surface area contributed by atoms with Gasteiger partial charge in [0, 0.05) is 6.54 Å². The van der Waals surface area contributed by atoms with E-state index >= 15 is 0 Å². The third kappa shape index (κ3) is 1.79. The van der Waals surface area contributed by atoms with Crippen LogP contribution in [0.1, 0.15) is 37.8 Å². The van der Waals surface area contributed by atoms with Crippen molar-refractivity contribution < 1.29 is 4.79 Å². The molecule has 1 N–H and O–H groups in total. The van der Waals surface area contributed by atoms with Gasteiger partial charge in [0.15, 0.2) is 0 Å². The van der Waals surface area contributed by atoms with Crippen LogP contribution in [0, 0.1) is 12.8 Å². The van der Waals surface area contributed by atoms with Gasteiger partial charge in [-0.25, -0.2) is 0 Å². The van der Waals surface area contributed by atoms with Crippen molar-refractivity contribution in [3.05, 3.63) is 21.9 Å². The third-order valence-corrected chi connectivity index (χ3v) is 5.02. The summed E-state index contributed by atoms with van der Waals surface area (Å²) < 4.78 is 0. The Hall–Kier alpha value is -0.870. The van der Waals surface area contributed by atoms with Crippen LogP contribution in [0.5, 0.6) is 0 Å². The second kappa shape index (κ2) is 4.07. The van der Waals surface area contributed by atoms with Gasteiger partial charge in [-0.3, -0.25) is 10.1 Å². The van der Waals surface area contributed by atoms with E-state index in [-0.39, 0.29) is 11.7 Å². The molecule has 4 heteroatoms. The molecule has 2 aliphatic rings. The van der Waals surface area contributed by atoms with E-state index in [0.717, 1.165) is 19.4 Å². The van der Waals surface area contributed by atoms with E-state index in [0.29, 0.717) is 11.8 Å². The second-order valence-electron chi connectivity index (χ2n) is 5.93. The van der Waals surface area contributed by atoms with Gasteiger partial charge in [-0.15, -0.1) is 0 Å². The molecule has 1 saturated heterocycles. The molecule has 1 atom stereocenters. The van der Waals surface area contributed by atoms with Gasteiger partial charge in [-0.2, -0.15) is 11.3 Å². The molecule has 2 fully saturated rings. The highest BCUT2D eigenvalue weighted by Crippen LogP contribution is 2.43. The Balaban J connectivity index is 1.84. The van der Waals surface area contributed by atoms with Crippen LogP contribution in [0.25, 0.3) is 0 Å². The largest absolute Gasteiger partial charge is 0.321 e. The summed E-state index contributed by atoms with van der Waals surface area (Å²) in [6.45, 7) is 7.24. The summed E-state index contributed by atoms with van der Waals surface area (Å²) in [4.78, 5) is 14.6. The minimum atomic E-state index is -0.196. The molecule has 1 aromatic heterocycles. The fourth-order valence-corrected chi connectivity index (χ4v) is 3.58. The van der Waals surface area contributed by atoms with Gasteiger partial charge in [0.1, 0.15) is 0 Å². The van der Waals surface area contributed by atoms with Crippen molar-refractivity contribution in [1.29, 1.82) is 0 Å². The van der Waals surface area contributed by atoms with Gasteiger partial charge < -0.3 is 4.90 Å². The van der Waals surface area contributed by atoms with Gasteiger partial charge in [0.05, 0.1) is 11.7 Å². The molecule has 1 saturated carbocycles. The molecule has 3 rings (SSSR count). The monoisotopic (exact) mass is 264 g/mol. The maximum absolute atomic E-state index is 12.5. The first kappa shape index (κ1) is 12.2. The van der Waals surface area contributed by atoms with Gasteiger partial charge in [-0.1, -0.05) is 13.8 Å². The summed E-state index contributed by atoms with van der Waals surface area (Å²) in [6.07, 6.45) is 2.21. The Bertz CT molecular complexity index is 476. The van der Waals surface area contributed by atoms with E-state index in [1.54, 1.807) is 11.3 Å². The molecular formula is C14H20N2OS. The molecule has 0 bridgehead atoms. The lowest BCUT2D eigenvalue weighted by Crippen LogP contribution is -2.41. The Morgan fingerprint density at radius 3 is 2.72 bits per heavy atom. The average Bonchev–Trinajstić information content (AvgIpc) is 2.92. The van der Waals surface area contributed by atoms with Crippen molar-refractivity contribution in [3.63, 3.8) is 0 Å². The summed E-state index contributed by atoms with van der Waals surface area (Å²) in [5.41, 5.74) is 2.39. The lowest BCUT2D eigenvalue weighted by atomic mass is 10.1. The van der Waals surface area contributed by atoms with Gasteiger partial charge in [0.25, 0.3) is 0 Å². The fourth-order valence-electron chi connectivity index (χ4n) is 2.74. The Morgan fingerprint density at radius 1 is 1.50 bits per heavy atom. The zero-order valence-electron chi connectivity index (χ0n) is 11.2. The molecule has 1 unspecified atom stereocenters. The van der Waals surface area contributed by atoms with Crippen LogP contribution in [0.3, 0.4) is 0 Å². The van der Waals surface area contributed by atoms with Crippen LogP contribution in [-0.4, -0.2) is 22.5 Å². The smallest absolute Gasteiger partial charge is 0.244 e. The molecule has 98 valence electrons. The molecule has 3 nitrogen and oxygen atoms in total. The molecule has 18 heavy (non-hydrogen) atoms. The van der Waals surface area contributed by atoms with Crippen LogP contribution in [-0.2, 0) is 11.3 Å². The molecule has 1 amide bonds. The lowest BCUT2D eigenvalue weighted by Gasteiger charge is -2.27. The zero-order chi connectivity index (χ0) is 12.9. The van der Waals surface area contributed by atoms with E-state index in [1.807, 2.05) is 4.90 Å². The summed E-state index contributed by atoms with van der Waals surface area (Å²) >= 11 is 1.72. The fraction of sp³-hybridized carbons (Fsp3) is 0.643. The van der Waals surface area contributed by atoms with E-state index in [2.05, 4.69) is 36.8 Å². The first-order chi connectivity index (χ1) is 8.53. The molecular weight excluding hydrogens is 244 g/mol. The van der Waals surface area contributed by atoms with E-state index < -0.39 is 0 Å². The van der Waals surface area contributed by atoms with Crippen molar-refractivity contribution >= 4 is 17.2 Å². The van der Waals surface area contributed by atoms with Gasteiger partial charge in [-0.05, 0) is 47.6 Å². The van der Waals surface area contributed by atoms with Crippen molar-refractivity contribution in [1.82, 2.24) is 10.2 Å². The van der Waals surface area contributed by atoms with Crippen LogP contribution >= 0.6 is 11.3 Å². The van der Waals surface area contributed by atoms with E-state index in [1.165, 1.54) is 11.1 Å². The van der Waals surface area contributed by atoms with Crippen LogP contribution in [0.15, 0.2) is 10.8 Å². The predicted molar refractivity (Wildman–Crippen MR) is 73.3 cm³/mol. The third-order valence-electron chi connectivity index (χ3n) is 4.11. The number of nitrogens with zero attached hydrogens (tertiary/aromatic N) is 1. The highest BCUT2D eigenvalue weighted by atomic mass is 32.1. The highest BCUT2D eigenvalue weighted by molar-refractivity contribution is 7.08. The van der Waals surface area contributed by atoms with Crippen LogP contribution in [0.4, 0.5) is 0 Å². The summed E-state index contributed by atoms with van der Waals surface area (Å²) in [7, 11) is 0. The lowest BCUT2D eigenvalue weighted by molar-refractivity contribution is -0.131. The predicted octanol–water partition coefficient (Wildman–Crippen LogP) is 2.50. The van der Waals surface area contributed by atoms with Gasteiger partial charge in [0.2, 0.25) is 5.91 Å². The SMILES string of the molecule is Cc1cscc1CN1C(=O)C2(CC2)NC1C(C)C. The first-order valence-corrected chi connectivity index (χ1v) is 7.58. The average molecular weight is 264 g/mol. The van der Waals surface area contributed by atoms with Crippen molar-refractivity contribution in [2.45, 2.75) is 51.9 Å². The van der Waals surface area contributed by atoms with Crippen molar-refractivity contribution in [2.75, 3.05) is 0 Å². The number of nitrogens with one attached hydrogen (secondary N) is 1. The topological polar surface area (TPSA) is 32.3 Å². The number of rotatable bonds is 3. The van der Waals surface area contributed by atoms with Gasteiger partial charge >= 0.3 is 0 Å². The minimum Gasteiger partial charge on any atom is -0.321 e. The maximum atomic E-state index is 12.5. The number of thiophene rings is 1. The van der Waals surface area contributed by atoms with E-state index in [9.17, 15) is 4.79 Å². The number of hydrogen-bond acceptors (Lipinski definition) is 3. The Kier molecular flexibility index (Phi) is 2.75. The normalized spacial score (nSPS) is 25.4. The number of hydrogen-bond donors (Lipinski definition) is 1. The number of amides is 1. The summed E-state index contributed by atoms with van der Waals surface area (Å²) in [5, 5.41) is 7.87. The number of carbonyl (C=O) groups is 1. The van der Waals surface area contributed by atoms with Crippen molar-refractivity contribution in [3.8, 4) is 0 Å². The standard InChI is InChI=1S/C14H20N2OS/c1-9(2)12-15-14(4-5-14)13(17)16(12)6-11-8-18-7-10(11)3/h7-9,12,15H,4-6H2,1-3H3. The zero-order valence-corrected chi connectivity index (χ0v) is 12.0. The molecule has 1 aromatic rings. The van der Waals surface area contributed by atoms with Crippen LogP contribution in [0.2, 0.25) is 0 Å². The quantitative estimate of drug-likeness (QED) is 0.909. The Labute approximate surface area is 112 Å². The second-order valence-corrected chi connectivity index (χ2v) is 6.67.